The number of rotatable bonds is 3. The van der Waals surface area contributed by atoms with Gasteiger partial charge in [-0.25, -0.2) is 4.79 Å². The van der Waals surface area contributed by atoms with Crippen molar-refractivity contribution < 1.29 is 27.9 Å². The minimum Gasteiger partial charge on any atom is -0.480 e. The van der Waals surface area contributed by atoms with Crippen LogP contribution in [-0.2, 0) is 11.0 Å². The first kappa shape index (κ1) is 17.5. The van der Waals surface area contributed by atoms with Gasteiger partial charge in [0.05, 0.1) is 11.1 Å². The van der Waals surface area contributed by atoms with Gasteiger partial charge in [0, 0.05) is 11.5 Å². The predicted octanol–water partition coefficient (Wildman–Crippen LogP) is 3.40. The molecule has 1 aromatic rings. The van der Waals surface area contributed by atoms with Crippen molar-refractivity contribution in [3.8, 4) is 0 Å². The summed E-state index contributed by atoms with van der Waals surface area (Å²) < 4.78 is 38.2. The quantitative estimate of drug-likeness (QED) is 0.890. The smallest absolute Gasteiger partial charge is 0.416 e. The van der Waals surface area contributed by atoms with Crippen LogP contribution in [-0.4, -0.2) is 34.5 Å². The molecule has 0 aliphatic carbocycles. The largest absolute Gasteiger partial charge is 0.480 e. The van der Waals surface area contributed by atoms with E-state index in [0.29, 0.717) is 6.07 Å². The average Bonchev–Trinajstić information content (AvgIpc) is 2.35. The molecule has 0 bridgehead atoms. The molecule has 0 unspecified atom stereocenters. The monoisotopic (exact) mass is 367 g/mol. The molecule has 8 heteroatoms. The van der Waals surface area contributed by atoms with Crippen LogP contribution in [0.4, 0.5) is 13.2 Å². The molecule has 1 aromatic carbocycles. The minimum atomic E-state index is -4.59. The maximum Gasteiger partial charge on any atom is 0.416 e. The Morgan fingerprint density at radius 1 is 1.24 bits per heavy atom. The lowest BCUT2D eigenvalue weighted by molar-refractivity contribution is -0.147. The second-order valence-electron chi connectivity index (χ2n) is 4.92. The standard InChI is InChI=1S/C13H13BrF3NO3/c1-12(2,11(20)21)18(3)10(19)8-6-7(13(15,16)17)4-5-9(8)14/h4-6H,1-3H3,(H,20,21). The van der Waals surface area contributed by atoms with Crippen molar-refractivity contribution in [1.29, 1.82) is 0 Å². The highest BCUT2D eigenvalue weighted by Crippen LogP contribution is 2.32. The molecule has 1 amide bonds. The molecule has 0 aliphatic heterocycles. The molecule has 21 heavy (non-hydrogen) atoms. The van der Waals surface area contributed by atoms with Crippen LogP contribution in [0.3, 0.4) is 0 Å². The van der Waals surface area contributed by atoms with Crippen molar-refractivity contribution >= 4 is 27.8 Å². The molecule has 4 nitrogen and oxygen atoms in total. The van der Waals surface area contributed by atoms with Gasteiger partial charge in [-0.3, -0.25) is 4.79 Å². The van der Waals surface area contributed by atoms with Gasteiger partial charge in [-0.15, -0.1) is 0 Å². The number of halogens is 4. The molecule has 0 fully saturated rings. The lowest BCUT2D eigenvalue weighted by Crippen LogP contribution is -2.50. The summed E-state index contributed by atoms with van der Waals surface area (Å²) in [6.07, 6.45) is -4.59. The van der Waals surface area contributed by atoms with Gasteiger partial charge in [0.1, 0.15) is 5.54 Å². The summed E-state index contributed by atoms with van der Waals surface area (Å²) in [6.45, 7) is 2.57. The average molecular weight is 368 g/mol. The number of hydrogen-bond donors (Lipinski definition) is 1. The van der Waals surface area contributed by atoms with Crippen LogP contribution in [0.25, 0.3) is 0 Å². The van der Waals surface area contributed by atoms with E-state index in [1.807, 2.05) is 0 Å². The number of hydrogen-bond acceptors (Lipinski definition) is 2. The third kappa shape index (κ3) is 3.55. The Balaban J connectivity index is 3.28. The molecule has 0 radical (unpaired) electrons. The van der Waals surface area contributed by atoms with Gasteiger partial charge in [-0.1, -0.05) is 0 Å². The summed E-state index contributed by atoms with van der Waals surface area (Å²) >= 11 is 3.01. The summed E-state index contributed by atoms with van der Waals surface area (Å²) in [4.78, 5) is 24.3. The van der Waals surface area contributed by atoms with E-state index in [9.17, 15) is 22.8 Å². The first-order chi connectivity index (χ1) is 9.39. The van der Waals surface area contributed by atoms with E-state index in [0.717, 1.165) is 17.0 Å². The van der Waals surface area contributed by atoms with Crippen molar-refractivity contribution in [1.82, 2.24) is 4.90 Å². The Morgan fingerprint density at radius 3 is 2.19 bits per heavy atom. The van der Waals surface area contributed by atoms with E-state index in [1.165, 1.54) is 20.9 Å². The number of aliphatic carboxylic acids is 1. The predicted molar refractivity (Wildman–Crippen MR) is 73.0 cm³/mol. The number of alkyl halides is 3. The van der Waals surface area contributed by atoms with Gasteiger partial charge in [0.2, 0.25) is 0 Å². The Morgan fingerprint density at radius 2 is 1.76 bits per heavy atom. The lowest BCUT2D eigenvalue weighted by Gasteiger charge is -2.32. The van der Waals surface area contributed by atoms with Gasteiger partial charge in [-0.05, 0) is 48.0 Å². The zero-order chi connectivity index (χ0) is 16.6. The molecule has 0 spiro atoms. The molecule has 0 atom stereocenters. The van der Waals surface area contributed by atoms with Crippen molar-refractivity contribution in [2.24, 2.45) is 0 Å². The van der Waals surface area contributed by atoms with Crippen molar-refractivity contribution in [3.63, 3.8) is 0 Å². The van der Waals surface area contributed by atoms with Gasteiger partial charge in [0.25, 0.3) is 5.91 Å². The maximum absolute atomic E-state index is 12.7. The number of carbonyl (C=O) groups excluding carboxylic acids is 1. The van der Waals surface area contributed by atoms with Crippen LogP contribution >= 0.6 is 15.9 Å². The van der Waals surface area contributed by atoms with Gasteiger partial charge in [0.15, 0.2) is 0 Å². The third-order valence-electron chi connectivity index (χ3n) is 3.19. The first-order valence-corrected chi connectivity index (χ1v) is 6.56. The summed E-state index contributed by atoms with van der Waals surface area (Å²) in [5, 5.41) is 9.08. The zero-order valence-electron chi connectivity index (χ0n) is 11.5. The number of nitrogens with zero attached hydrogens (tertiary/aromatic N) is 1. The fourth-order valence-corrected chi connectivity index (χ4v) is 1.86. The SMILES string of the molecule is CN(C(=O)c1cc(C(F)(F)F)ccc1Br)C(C)(C)C(=O)O. The van der Waals surface area contributed by atoms with Crippen LogP contribution in [0.1, 0.15) is 29.8 Å². The maximum atomic E-state index is 12.7. The highest BCUT2D eigenvalue weighted by atomic mass is 79.9. The Bertz CT molecular complexity index is 585. The topological polar surface area (TPSA) is 57.6 Å². The number of likely N-dealkylation sites (N-methyl/N-ethyl adjacent to an activating group) is 1. The molecular formula is C13H13BrF3NO3. The molecular weight excluding hydrogens is 355 g/mol. The Hall–Kier alpha value is -1.57. The fourth-order valence-electron chi connectivity index (χ4n) is 1.44. The molecule has 116 valence electrons. The summed E-state index contributed by atoms with van der Waals surface area (Å²) in [7, 11) is 1.23. The summed E-state index contributed by atoms with van der Waals surface area (Å²) in [5.41, 5.74) is -2.78. The van der Waals surface area contributed by atoms with E-state index in [1.54, 1.807) is 0 Å². The highest BCUT2D eigenvalue weighted by Gasteiger charge is 2.37. The second kappa shape index (κ2) is 5.67. The van der Waals surface area contributed by atoms with E-state index in [4.69, 9.17) is 5.11 Å². The van der Waals surface area contributed by atoms with Gasteiger partial charge >= 0.3 is 12.1 Å². The number of amides is 1. The minimum absolute atomic E-state index is 0.161. The van der Waals surface area contributed by atoms with E-state index < -0.39 is 29.2 Å². The number of carbonyl (C=O) groups is 2. The molecule has 0 aliphatic rings. The van der Waals surface area contributed by atoms with Crippen molar-refractivity contribution in [3.05, 3.63) is 33.8 Å². The second-order valence-corrected chi connectivity index (χ2v) is 5.78. The van der Waals surface area contributed by atoms with Crippen LogP contribution in [0.15, 0.2) is 22.7 Å². The van der Waals surface area contributed by atoms with E-state index >= 15 is 0 Å². The number of benzene rings is 1. The van der Waals surface area contributed by atoms with E-state index in [-0.39, 0.29) is 10.0 Å². The summed E-state index contributed by atoms with van der Waals surface area (Å²) in [5.74, 6) is -2.08. The summed E-state index contributed by atoms with van der Waals surface area (Å²) in [6, 6.07) is 2.64. The van der Waals surface area contributed by atoms with Gasteiger partial charge in [-0.2, -0.15) is 13.2 Å². The molecule has 1 rings (SSSR count). The Kier molecular flexibility index (Phi) is 4.72. The zero-order valence-corrected chi connectivity index (χ0v) is 13.0. The normalized spacial score (nSPS) is 12.1. The number of carboxylic acid groups (broad SMARTS) is 1. The highest BCUT2D eigenvalue weighted by molar-refractivity contribution is 9.10. The van der Waals surface area contributed by atoms with Crippen LogP contribution in [0.5, 0.6) is 0 Å². The molecule has 0 saturated heterocycles. The van der Waals surface area contributed by atoms with Crippen molar-refractivity contribution in [2.45, 2.75) is 25.6 Å². The first-order valence-electron chi connectivity index (χ1n) is 5.77. The molecule has 0 aromatic heterocycles. The van der Waals surface area contributed by atoms with Gasteiger partial charge < -0.3 is 10.0 Å². The third-order valence-corrected chi connectivity index (χ3v) is 3.88. The fraction of sp³-hybridized carbons (Fsp3) is 0.385. The molecule has 1 N–H and O–H groups in total. The molecule has 0 saturated carbocycles. The van der Waals surface area contributed by atoms with Crippen LogP contribution in [0.2, 0.25) is 0 Å². The van der Waals surface area contributed by atoms with E-state index in [2.05, 4.69) is 15.9 Å². The Labute approximate surface area is 127 Å². The van der Waals surface area contributed by atoms with Crippen LogP contribution < -0.4 is 0 Å². The molecule has 0 heterocycles. The lowest BCUT2D eigenvalue weighted by atomic mass is 10.0. The number of carboxylic acids is 1. The van der Waals surface area contributed by atoms with Crippen LogP contribution in [0, 0.1) is 0 Å². The van der Waals surface area contributed by atoms with Crippen molar-refractivity contribution in [2.75, 3.05) is 7.05 Å².